The van der Waals surface area contributed by atoms with Crippen molar-refractivity contribution in [3.63, 3.8) is 0 Å². The van der Waals surface area contributed by atoms with Crippen LogP contribution in [-0.4, -0.2) is 26.5 Å². The minimum Gasteiger partial charge on any atom is -0.494 e. The number of rotatable bonds is 5. The first-order chi connectivity index (χ1) is 10.7. The monoisotopic (exact) mass is 296 g/mol. The lowest BCUT2D eigenvalue weighted by Gasteiger charge is -2.03. The van der Waals surface area contributed by atoms with Gasteiger partial charge in [-0.05, 0) is 43.7 Å². The summed E-state index contributed by atoms with van der Waals surface area (Å²) >= 11 is 0. The fourth-order valence-electron chi connectivity index (χ4n) is 2.41. The van der Waals surface area contributed by atoms with Gasteiger partial charge < -0.3 is 14.7 Å². The Balaban J connectivity index is 1.88. The summed E-state index contributed by atoms with van der Waals surface area (Å²) in [6.07, 6.45) is 2.72. The van der Waals surface area contributed by atoms with Crippen LogP contribution in [-0.2, 0) is 6.42 Å². The van der Waals surface area contributed by atoms with Gasteiger partial charge in [-0.15, -0.1) is 0 Å². The summed E-state index contributed by atoms with van der Waals surface area (Å²) in [5.41, 5.74) is 3.96. The molecule has 0 bridgehead atoms. The number of nitrogens with zero attached hydrogens (tertiary/aromatic N) is 2. The van der Waals surface area contributed by atoms with E-state index in [1.165, 1.54) is 0 Å². The molecule has 0 amide bonds. The third-order valence-corrected chi connectivity index (χ3v) is 3.55. The van der Waals surface area contributed by atoms with Gasteiger partial charge in [-0.2, -0.15) is 0 Å². The number of aromatic amines is 2. The van der Waals surface area contributed by atoms with Gasteiger partial charge >= 0.3 is 0 Å². The van der Waals surface area contributed by atoms with Crippen LogP contribution < -0.4 is 4.74 Å². The van der Waals surface area contributed by atoms with Crippen molar-refractivity contribution in [1.29, 1.82) is 0 Å². The maximum absolute atomic E-state index is 5.46. The first-order valence-corrected chi connectivity index (χ1v) is 7.55. The lowest BCUT2D eigenvalue weighted by atomic mass is 10.2. The van der Waals surface area contributed by atoms with E-state index in [4.69, 9.17) is 4.74 Å². The minimum atomic E-state index is 0.672. The Morgan fingerprint density at radius 2 is 1.86 bits per heavy atom. The maximum atomic E-state index is 5.46. The average molecular weight is 296 g/mol. The zero-order valence-corrected chi connectivity index (χ0v) is 13.1. The highest BCUT2D eigenvalue weighted by Crippen LogP contribution is 2.24. The molecule has 0 aliphatic carbocycles. The molecule has 5 nitrogen and oxygen atoms in total. The van der Waals surface area contributed by atoms with E-state index >= 15 is 0 Å². The van der Waals surface area contributed by atoms with E-state index in [0.29, 0.717) is 6.61 Å². The first-order valence-electron chi connectivity index (χ1n) is 7.55. The van der Waals surface area contributed by atoms with E-state index in [9.17, 15) is 0 Å². The normalized spacial score (nSPS) is 10.9. The molecule has 0 fully saturated rings. The highest BCUT2D eigenvalue weighted by molar-refractivity contribution is 5.64. The molecule has 0 unspecified atom stereocenters. The number of hydrogen-bond donors (Lipinski definition) is 2. The molecule has 0 spiro atoms. The van der Waals surface area contributed by atoms with Gasteiger partial charge in [0.05, 0.1) is 18.5 Å². The van der Waals surface area contributed by atoms with Gasteiger partial charge in [0.15, 0.2) is 5.82 Å². The fraction of sp³-hybridized carbons (Fsp3) is 0.294. The minimum absolute atomic E-state index is 0.672. The molecule has 3 rings (SSSR count). The summed E-state index contributed by atoms with van der Waals surface area (Å²) in [4.78, 5) is 15.7. The highest BCUT2D eigenvalue weighted by Gasteiger charge is 2.12. The molecular weight excluding hydrogens is 276 g/mol. The van der Waals surface area contributed by atoms with E-state index in [2.05, 4.69) is 26.9 Å². The Hall–Kier alpha value is -2.56. The quantitative estimate of drug-likeness (QED) is 0.753. The molecule has 3 aromatic rings. The summed E-state index contributed by atoms with van der Waals surface area (Å²) in [5, 5.41) is 0. The van der Waals surface area contributed by atoms with E-state index in [1.807, 2.05) is 44.3 Å². The number of imidazole rings is 2. The molecule has 114 valence electrons. The van der Waals surface area contributed by atoms with Crippen LogP contribution in [0.25, 0.3) is 22.8 Å². The van der Waals surface area contributed by atoms with Crippen LogP contribution in [0.4, 0.5) is 0 Å². The smallest absolute Gasteiger partial charge is 0.158 e. The zero-order chi connectivity index (χ0) is 15.5. The summed E-state index contributed by atoms with van der Waals surface area (Å²) in [6.45, 7) is 6.74. The summed E-state index contributed by atoms with van der Waals surface area (Å²) in [6, 6.07) is 7.98. The SMILES string of the molecule is CCOc1ccc(-c2cnc(-c3nc(CC)[nH]c3C)[nH]2)cc1. The van der Waals surface area contributed by atoms with Crippen LogP contribution in [0.3, 0.4) is 0 Å². The highest BCUT2D eigenvalue weighted by atomic mass is 16.5. The number of hydrogen-bond acceptors (Lipinski definition) is 3. The molecule has 0 atom stereocenters. The standard InChI is InChI=1S/C17H20N4O/c1-4-15-19-11(3)16(21-15)17-18-10-14(20-17)12-6-8-13(9-7-12)22-5-2/h6-10H,4-5H2,1-3H3,(H,18,20)(H,19,21). The Bertz CT molecular complexity index is 755. The second kappa shape index (κ2) is 6.05. The van der Waals surface area contributed by atoms with Gasteiger partial charge in [0.2, 0.25) is 0 Å². The molecule has 5 heteroatoms. The third-order valence-electron chi connectivity index (χ3n) is 3.55. The number of aromatic nitrogens is 4. The predicted octanol–water partition coefficient (Wildman–Crippen LogP) is 3.74. The molecule has 0 saturated carbocycles. The molecule has 0 saturated heterocycles. The van der Waals surface area contributed by atoms with Gasteiger partial charge in [0.1, 0.15) is 17.3 Å². The van der Waals surface area contributed by atoms with Crippen LogP contribution in [0.15, 0.2) is 30.5 Å². The van der Waals surface area contributed by atoms with Crippen molar-refractivity contribution in [3.05, 3.63) is 42.0 Å². The Labute approximate surface area is 129 Å². The number of benzene rings is 1. The topological polar surface area (TPSA) is 66.6 Å². The van der Waals surface area contributed by atoms with Gasteiger partial charge in [0, 0.05) is 12.1 Å². The van der Waals surface area contributed by atoms with E-state index in [-0.39, 0.29) is 0 Å². The predicted molar refractivity (Wildman–Crippen MR) is 86.9 cm³/mol. The van der Waals surface area contributed by atoms with Crippen LogP contribution in [0.1, 0.15) is 25.4 Å². The fourth-order valence-corrected chi connectivity index (χ4v) is 2.41. The van der Waals surface area contributed by atoms with E-state index in [0.717, 1.165) is 46.5 Å². The average Bonchev–Trinajstić information content (AvgIpc) is 3.14. The molecule has 0 aliphatic rings. The maximum Gasteiger partial charge on any atom is 0.158 e. The second-order valence-corrected chi connectivity index (χ2v) is 5.11. The first kappa shape index (κ1) is 14.4. The lowest BCUT2D eigenvalue weighted by molar-refractivity contribution is 0.340. The van der Waals surface area contributed by atoms with E-state index < -0.39 is 0 Å². The van der Waals surface area contributed by atoms with Gasteiger partial charge in [0.25, 0.3) is 0 Å². The van der Waals surface area contributed by atoms with Crippen molar-refractivity contribution in [2.45, 2.75) is 27.2 Å². The van der Waals surface area contributed by atoms with Gasteiger partial charge in [-0.25, -0.2) is 9.97 Å². The van der Waals surface area contributed by atoms with Crippen LogP contribution in [0.2, 0.25) is 0 Å². The molecule has 0 radical (unpaired) electrons. The molecule has 2 heterocycles. The number of H-pyrrole nitrogens is 2. The Morgan fingerprint density at radius 1 is 1.09 bits per heavy atom. The van der Waals surface area contributed by atoms with Crippen molar-refractivity contribution >= 4 is 0 Å². The van der Waals surface area contributed by atoms with Crippen molar-refractivity contribution in [2.24, 2.45) is 0 Å². The van der Waals surface area contributed by atoms with Gasteiger partial charge in [-0.1, -0.05) is 6.92 Å². The van der Waals surface area contributed by atoms with Crippen molar-refractivity contribution in [1.82, 2.24) is 19.9 Å². The van der Waals surface area contributed by atoms with E-state index in [1.54, 1.807) is 0 Å². The van der Waals surface area contributed by atoms with Crippen LogP contribution >= 0.6 is 0 Å². The van der Waals surface area contributed by atoms with Gasteiger partial charge in [-0.3, -0.25) is 0 Å². The zero-order valence-electron chi connectivity index (χ0n) is 13.1. The lowest BCUT2D eigenvalue weighted by Crippen LogP contribution is -1.90. The van der Waals surface area contributed by atoms with Crippen molar-refractivity contribution in [2.75, 3.05) is 6.61 Å². The summed E-state index contributed by atoms with van der Waals surface area (Å²) in [5.74, 6) is 2.64. The van der Waals surface area contributed by atoms with Crippen molar-refractivity contribution in [3.8, 4) is 28.5 Å². The summed E-state index contributed by atoms with van der Waals surface area (Å²) in [7, 11) is 0. The number of ether oxygens (including phenoxy) is 1. The van der Waals surface area contributed by atoms with Crippen LogP contribution in [0, 0.1) is 6.92 Å². The van der Waals surface area contributed by atoms with Crippen LogP contribution in [0.5, 0.6) is 5.75 Å². The molecule has 22 heavy (non-hydrogen) atoms. The molecular formula is C17H20N4O. The Morgan fingerprint density at radius 3 is 2.50 bits per heavy atom. The number of aryl methyl sites for hydroxylation is 2. The Kier molecular flexibility index (Phi) is 3.96. The molecule has 1 aromatic carbocycles. The second-order valence-electron chi connectivity index (χ2n) is 5.11. The largest absolute Gasteiger partial charge is 0.494 e. The molecule has 2 aromatic heterocycles. The summed E-state index contributed by atoms with van der Waals surface area (Å²) < 4.78 is 5.46. The van der Waals surface area contributed by atoms with Crippen molar-refractivity contribution < 1.29 is 4.74 Å². The molecule has 0 aliphatic heterocycles. The third kappa shape index (κ3) is 2.74. The number of nitrogens with one attached hydrogen (secondary N) is 2. The molecule has 2 N–H and O–H groups in total.